The lowest BCUT2D eigenvalue weighted by molar-refractivity contribution is 0.320. The number of oxime groups is 1. The average molecular weight is 165 g/mol. The topological polar surface area (TPSA) is 32.6 Å². The summed E-state index contributed by atoms with van der Waals surface area (Å²) in [6.07, 6.45) is 8.36. The maximum absolute atomic E-state index is 8.43. The van der Waals surface area contributed by atoms with E-state index in [1.807, 2.05) is 32.1 Å². The second-order valence-corrected chi connectivity index (χ2v) is 2.05. The van der Waals surface area contributed by atoms with Crippen LogP contribution >= 0.6 is 0 Å². The predicted molar refractivity (Wildman–Crippen MR) is 52.6 cm³/mol. The van der Waals surface area contributed by atoms with E-state index in [9.17, 15) is 0 Å². The quantitative estimate of drug-likeness (QED) is 0.434. The zero-order valence-corrected chi connectivity index (χ0v) is 7.62. The first-order valence-corrected chi connectivity index (χ1v) is 4.09. The molecule has 1 aliphatic carbocycles. The fourth-order valence-electron chi connectivity index (χ4n) is 0.759. The molecule has 0 unspecified atom stereocenters. The van der Waals surface area contributed by atoms with Crippen molar-refractivity contribution in [3.8, 4) is 0 Å². The van der Waals surface area contributed by atoms with Gasteiger partial charge in [0.1, 0.15) is 5.71 Å². The van der Waals surface area contributed by atoms with Crippen LogP contribution in [-0.2, 0) is 0 Å². The molecule has 1 rings (SSSR count). The first-order valence-electron chi connectivity index (χ1n) is 4.09. The van der Waals surface area contributed by atoms with E-state index in [4.69, 9.17) is 5.21 Å². The molecule has 1 N–H and O–H groups in total. The van der Waals surface area contributed by atoms with Crippen molar-refractivity contribution >= 4 is 5.71 Å². The van der Waals surface area contributed by atoms with Gasteiger partial charge >= 0.3 is 0 Å². The zero-order valence-electron chi connectivity index (χ0n) is 7.62. The minimum absolute atomic E-state index is 0.536. The van der Waals surface area contributed by atoms with E-state index in [-0.39, 0.29) is 0 Å². The third-order valence-electron chi connectivity index (χ3n) is 1.30. The Hall–Kier alpha value is -1.31. The Bertz CT molecular complexity index is 224. The van der Waals surface area contributed by atoms with E-state index in [1.165, 1.54) is 0 Å². The van der Waals surface area contributed by atoms with E-state index >= 15 is 0 Å². The largest absolute Gasteiger partial charge is 0.410 e. The molecule has 0 fully saturated rings. The summed E-state index contributed by atoms with van der Waals surface area (Å²) in [5.74, 6) is 0. The molecule has 2 heteroatoms. The zero-order chi connectivity index (χ0) is 9.40. The van der Waals surface area contributed by atoms with Crippen LogP contribution in [0.4, 0.5) is 0 Å². The Morgan fingerprint density at radius 3 is 2.50 bits per heavy atom. The third kappa shape index (κ3) is 3.19. The van der Waals surface area contributed by atoms with Crippen LogP contribution in [0.3, 0.4) is 0 Å². The van der Waals surface area contributed by atoms with Crippen LogP contribution in [0.2, 0.25) is 0 Å². The van der Waals surface area contributed by atoms with Crippen LogP contribution in [-0.4, -0.2) is 10.9 Å². The number of hydrogen-bond acceptors (Lipinski definition) is 2. The number of allylic oxidation sites excluding steroid dienone is 5. The van der Waals surface area contributed by atoms with Gasteiger partial charge < -0.3 is 5.21 Å². The smallest absolute Gasteiger partial charge is 0.108 e. The SMILES string of the molecule is C=C1C=CCC=C/C1=N/O.CC. The van der Waals surface area contributed by atoms with Crippen molar-refractivity contribution in [2.45, 2.75) is 20.3 Å². The minimum Gasteiger partial charge on any atom is -0.410 e. The molecule has 0 saturated carbocycles. The summed E-state index contributed by atoms with van der Waals surface area (Å²) in [5.41, 5.74) is 1.28. The molecule has 0 aromatic heterocycles. The summed E-state index contributed by atoms with van der Waals surface area (Å²) >= 11 is 0. The molecule has 0 saturated heterocycles. The van der Waals surface area contributed by atoms with Crippen LogP contribution < -0.4 is 0 Å². The highest BCUT2D eigenvalue weighted by molar-refractivity contribution is 6.09. The van der Waals surface area contributed by atoms with E-state index in [0.717, 1.165) is 12.0 Å². The molecule has 0 aliphatic heterocycles. The molecular weight excluding hydrogens is 150 g/mol. The van der Waals surface area contributed by atoms with Gasteiger partial charge in [-0.05, 0) is 18.1 Å². The van der Waals surface area contributed by atoms with Crippen molar-refractivity contribution in [1.82, 2.24) is 0 Å². The predicted octanol–water partition coefficient (Wildman–Crippen LogP) is 2.92. The van der Waals surface area contributed by atoms with Gasteiger partial charge in [-0.15, -0.1) is 0 Å². The summed E-state index contributed by atoms with van der Waals surface area (Å²) < 4.78 is 0. The average Bonchev–Trinajstić information content (AvgIpc) is 2.33. The first-order chi connectivity index (χ1) is 5.84. The van der Waals surface area contributed by atoms with Crippen LogP contribution in [0.1, 0.15) is 20.3 Å². The summed E-state index contributed by atoms with van der Waals surface area (Å²) in [5, 5.41) is 11.5. The molecule has 0 bridgehead atoms. The summed E-state index contributed by atoms with van der Waals surface area (Å²) in [6, 6.07) is 0. The molecule has 0 radical (unpaired) electrons. The highest BCUT2D eigenvalue weighted by Crippen LogP contribution is 2.05. The van der Waals surface area contributed by atoms with Gasteiger partial charge in [-0.1, -0.05) is 43.8 Å². The van der Waals surface area contributed by atoms with Crippen LogP contribution in [0.15, 0.2) is 41.6 Å². The molecule has 12 heavy (non-hydrogen) atoms. The van der Waals surface area contributed by atoms with Crippen molar-refractivity contribution < 1.29 is 5.21 Å². The lowest BCUT2D eigenvalue weighted by Crippen LogP contribution is -1.93. The molecule has 0 spiro atoms. The molecule has 0 heterocycles. The Labute approximate surface area is 73.6 Å². The molecule has 2 nitrogen and oxygen atoms in total. The molecule has 0 aromatic rings. The monoisotopic (exact) mass is 165 g/mol. The number of nitrogens with zero attached hydrogens (tertiary/aromatic N) is 1. The van der Waals surface area contributed by atoms with Crippen LogP contribution in [0.5, 0.6) is 0 Å². The summed E-state index contributed by atoms with van der Waals surface area (Å²) in [6.45, 7) is 7.70. The maximum Gasteiger partial charge on any atom is 0.108 e. The van der Waals surface area contributed by atoms with Gasteiger partial charge in [-0.2, -0.15) is 0 Å². The van der Waals surface area contributed by atoms with Gasteiger partial charge in [0.25, 0.3) is 0 Å². The lowest BCUT2D eigenvalue weighted by atomic mass is 10.2. The Balaban J connectivity index is 0.000000561. The fraction of sp³-hybridized carbons (Fsp3) is 0.300. The van der Waals surface area contributed by atoms with Crippen molar-refractivity contribution in [2.24, 2.45) is 5.16 Å². The highest BCUT2D eigenvalue weighted by atomic mass is 16.4. The van der Waals surface area contributed by atoms with Crippen LogP contribution in [0.25, 0.3) is 0 Å². The molecule has 1 aliphatic rings. The Kier molecular flexibility index (Phi) is 5.70. The third-order valence-corrected chi connectivity index (χ3v) is 1.30. The maximum atomic E-state index is 8.43. The standard InChI is InChI=1S/C8H9NO.C2H6/c1-7-5-3-2-4-6-8(7)9-10;1-2/h3-6,10H,1-2H2;1-2H3/b9-8-;. The Morgan fingerprint density at radius 2 is 1.92 bits per heavy atom. The lowest BCUT2D eigenvalue weighted by Gasteiger charge is -1.92. The number of hydrogen-bond donors (Lipinski definition) is 1. The molecule has 66 valence electrons. The normalized spacial score (nSPS) is 18.5. The number of rotatable bonds is 0. The van der Waals surface area contributed by atoms with E-state index in [2.05, 4.69) is 11.7 Å². The van der Waals surface area contributed by atoms with Gasteiger partial charge in [-0.25, -0.2) is 0 Å². The Morgan fingerprint density at radius 1 is 1.33 bits per heavy atom. The molecule has 0 atom stereocenters. The second kappa shape index (κ2) is 6.40. The van der Waals surface area contributed by atoms with Gasteiger partial charge in [-0.3, -0.25) is 0 Å². The second-order valence-electron chi connectivity index (χ2n) is 2.05. The fourth-order valence-corrected chi connectivity index (χ4v) is 0.759. The summed E-state index contributed by atoms with van der Waals surface area (Å²) in [7, 11) is 0. The van der Waals surface area contributed by atoms with Gasteiger partial charge in [0.15, 0.2) is 0 Å². The van der Waals surface area contributed by atoms with Gasteiger partial charge in [0.2, 0.25) is 0 Å². The van der Waals surface area contributed by atoms with E-state index < -0.39 is 0 Å². The van der Waals surface area contributed by atoms with Gasteiger partial charge in [0.05, 0.1) is 0 Å². The molecule has 0 aromatic carbocycles. The van der Waals surface area contributed by atoms with Crippen molar-refractivity contribution in [1.29, 1.82) is 0 Å². The van der Waals surface area contributed by atoms with E-state index in [0.29, 0.717) is 5.71 Å². The van der Waals surface area contributed by atoms with Crippen molar-refractivity contribution in [2.75, 3.05) is 0 Å². The molecule has 0 amide bonds. The minimum atomic E-state index is 0.536. The van der Waals surface area contributed by atoms with Crippen molar-refractivity contribution in [3.63, 3.8) is 0 Å². The van der Waals surface area contributed by atoms with Crippen LogP contribution in [0, 0.1) is 0 Å². The van der Waals surface area contributed by atoms with Gasteiger partial charge in [0, 0.05) is 0 Å². The first kappa shape index (κ1) is 10.7. The van der Waals surface area contributed by atoms with E-state index in [1.54, 1.807) is 6.08 Å². The highest BCUT2D eigenvalue weighted by Gasteiger charge is 1.98. The summed E-state index contributed by atoms with van der Waals surface area (Å²) in [4.78, 5) is 0. The van der Waals surface area contributed by atoms with Crippen molar-refractivity contribution in [3.05, 3.63) is 36.5 Å². The molecular formula is C10H15NO.